The van der Waals surface area contributed by atoms with Crippen LogP contribution in [0.25, 0.3) is 42.7 Å². The van der Waals surface area contributed by atoms with E-state index in [1.165, 1.54) is 23.1 Å². The van der Waals surface area contributed by atoms with Crippen LogP contribution in [0.2, 0.25) is 0 Å². The van der Waals surface area contributed by atoms with Gasteiger partial charge in [-0.2, -0.15) is 4.37 Å². The molecular formula is C33H21N4O4S2+. The summed E-state index contributed by atoms with van der Waals surface area (Å²) in [4.78, 5) is 52.9. The average Bonchev–Trinajstić information content (AvgIpc) is 3.68. The molecule has 0 saturated heterocycles. The van der Waals surface area contributed by atoms with Gasteiger partial charge in [0.2, 0.25) is 5.69 Å². The highest BCUT2D eigenvalue weighted by Crippen LogP contribution is 2.42. The number of nitrogens with one attached hydrogen (secondary N) is 3. The SMILES string of the molecule is CC(CNC(=O)c1ccc2c3c(nsc13)-c1ccccc1C2=O)NC(=O)c1ccc2c3c([nH+]sc13)-c1ccccc1C2=O. The summed E-state index contributed by atoms with van der Waals surface area (Å²) in [5.41, 5.74) is 6.44. The molecule has 2 heterocycles. The average molecular weight is 602 g/mol. The fourth-order valence-corrected chi connectivity index (χ4v) is 7.95. The number of benzene rings is 4. The summed E-state index contributed by atoms with van der Waals surface area (Å²) in [6.07, 6.45) is 0. The third-order valence-electron chi connectivity index (χ3n) is 8.08. The Bertz CT molecular complexity index is 2230. The Kier molecular flexibility index (Phi) is 5.65. The predicted octanol–water partition coefficient (Wildman–Crippen LogP) is 5.30. The molecule has 2 aliphatic carbocycles. The van der Waals surface area contributed by atoms with Crippen LogP contribution in [0.5, 0.6) is 0 Å². The molecular weight excluding hydrogens is 581 g/mol. The number of aromatic amines is 1. The number of rotatable bonds is 5. The summed E-state index contributed by atoms with van der Waals surface area (Å²) >= 11 is 2.53. The summed E-state index contributed by atoms with van der Waals surface area (Å²) in [5.74, 6) is -0.733. The van der Waals surface area contributed by atoms with Crippen molar-refractivity contribution in [2.24, 2.45) is 0 Å². The van der Waals surface area contributed by atoms with Crippen LogP contribution in [0.3, 0.4) is 0 Å². The first-order valence-electron chi connectivity index (χ1n) is 13.7. The Balaban J connectivity index is 1.01. The van der Waals surface area contributed by atoms with Crippen LogP contribution in [-0.2, 0) is 0 Å². The van der Waals surface area contributed by atoms with Crippen molar-refractivity contribution in [2.45, 2.75) is 13.0 Å². The van der Waals surface area contributed by atoms with Gasteiger partial charge in [0.1, 0.15) is 16.2 Å². The van der Waals surface area contributed by atoms with Crippen molar-refractivity contribution >= 4 is 66.6 Å². The molecule has 8 rings (SSSR count). The number of hydrogen-bond donors (Lipinski definition) is 2. The van der Waals surface area contributed by atoms with Gasteiger partial charge >= 0.3 is 0 Å². The van der Waals surface area contributed by atoms with Crippen molar-refractivity contribution in [3.8, 4) is 22.5 Å². The van der Waals surface area contributed by atoms with Gasteiger partial charge in [0.05, 0.1) is 32.5 Å². The van der Waals surface area contributed by atoms with Crippen molar-refractivity contribution in [1.29, 1.82) is 0 Å². The fourth-order valence-electron chi connectivity index (χ4n) is 6.02. The molecule has 208 valence electrons. The van der Waals surface area contributed by atoms with Crippen LogP contribution in [0, 0.1) is 0 Å². The first-order valence-corrected chi connectivity index (χ1v) is 15.3. The third-order valence-corrected chi connectivity index (χ3v) is 9.89. The van der Waals surface area contributed by atoms with Gasteiger partial charge in [-0.05, 0) is 48.8 Å². The quantitative estimate of drug-likeness (QED) is 0.278. The van der Waals surface area contributed by atoms with Crippen LogP contribution < -0.4 is 15.0 Å². The minimum Gasteiger partial charge on any atom is -0.350 e. The Hall–Kier alpha value is -5.06. The molecule has 8 nitrogen and oxygen atoms in total. The second-order valence-corrected chi connectivity index (χ2v) is 12.3. The summed E-state index contributed by atoms with van der Waals surface area (Å²) in [5, 5.41) is 7.36. The van der Waals surface area contributed by atoms with Crippen LogP contribution in [0.15, 0.2) is 72.8 Å². The molecule has 0 saturated carbocycles. The lowest BCUT2D eigenvalue weighted by Gasteiger charge is -2.17. The molecule has 2 aliphatic rings. The maximum atomic E-state index is 13.4. The summed E-state index contributed by atoms with van der Waals surface area (Å²) < 4.78 is 9.28. The molecule has 0 aliphatic heterocycles. The van der Waals surface area contributed by atoms with E-state index in [1.807, 2.05) is 49.4 Å². The first kappa shape index (κ1) is 25.6. The van der Waals surface area contributed by atoms with Gasteiger partial charge in [-0.3, -0.25) is 19.2 Å². The summed E-state index contributed by atoms with van der Waals surface area (Å²) in [7, 11) is 0. The molecule has 10 heteroatoms. The molecule has 0 spiro atoms. The van der Waals surface area contributed by atoms with Crippen molar-refractivity contribution in [2.75, 3.05) is 6.54 Å². The van der Waals surface area contributed by atoms with Gasteiger partial charge in [-0.25, -0.2) is 0 Å². The molecule has 0 fully saturated rings. The second-order valence-electron chi connectivity index (χ2n) is 10.7. The fraction of sp³-hybridized carbons (Fsp3) is 0.0909. The molecule has 3 N–H and O–H groups in total. The molecule has 2 amide bonds. The molecule has 6 aromatic rings. The monoisotopic (exact) mass is 601 g/mol. The Morgan fingerprint density at radius 2 is 1.35 bits per heavy atom. The lowest BCUT2D eigenvalue weighted by atomic mass is 9.87. The molecule has 43 heavy (non-hydrogen) atoms. The maximum absolute atomic E-state index is 13.4. The Morgan fingerprint density at radius 1 is 0.744 bits per heavy atom. The van der Waals surface area contributed by atoms with E-state index in [1.54, 1.807) is 30.3 Å². The standard InChI is InChI=1S/C33H20N4O4S2/c1-15(35-33(41)23-13-11-21-25-27(37-43-31(23)25)17-7-3-5-9-19(17)29(21)39)14-34-32(40)22-12-10-20-24-26(36-42-30(22)24)16-6-2-4-8-18(16)28(20)38/h2-13,15H,14H2,1H3,(H,34,40)(H,35,41)/p+1. The summed E-state index contributed by atoms with van der Waals surface area (Å²) in [6.45, 7) is 2.01. The van der Waals surface area contributed by atoms with E-state index >= 15 is 0 Å². The van der Waals surface area contributed by atoms with Crippen molar-refractivity contribution < 1.29 is 23.6 Å². The number of carbonyl (C=O) groups excluding carboxylic acids is 4. The van der Waals surface area contributed by atoms with Gasteiger partial charge in [-0.1, -0.05) is 42.5 Å². The number of hydrogen-bond acceptors (Lipinski definition) is 7. The van der Waals surface area contributed by atoms with E-state index in [0.717, 1.165) is 27.9 Å². The van der Waals surface area contributed by atoms with Crippen molar-refractivity contribution in [3.63, 3.8) is 0 Å². The normalized spacial score (nSPS) is 13.5. The first-order chi connectivity index (χ1) is 20.9. The largest absolute Gasteiger partial charge is 0.350 e. The van der Waals surface area contributed by atoms with Crippen LogP contribution in [0.4, 0.5) is 0 Å². The molecule has 1 atom stereocenters. The highest BCUT2D eigenvalue weighted by atomic mass is 32.1. The van der Waals surface area contributed by atoms with Gasteiger partial charge in [0, 0.05) is 45.8 Å². The van der Waals surface area contributed by atoms with E-state index in [-0.39, 0.29) is 36.0 Å². The lowest BCUT2D eigenvalue weighted by molar-refractivity contribution is -0.274. The number of amides is 2. The van der Waals surface area contributed by atoms with E-state index in [9.17, 15) is 19.2 Å². The highest BCUT2D eigenvalue weighted by molar-refractivity contribution is 7.14. The van der Waals surface area contributed by atoms with E-state index in [4.69, 9.17) is 0 Å². The van der Waals surface area contributed by atoms with Crippen molar-refractivity contribution in [1.82, 2.24) is 15.0 Å². The Morgan fingerprint density at radius 3 is 2.07 bits per heavy atom. The highest BCUT2D eigenvalue weighted by Gasteiger charge is 2.34. The number of H-pyrrole nitrogens is 1. The molecule has 4 aromatic carbocycles. The van der Waals surface area contributed by atoms with E-state index in [0.29, 0.717) is 48.2 Å². The Labute approximate surface area is 252 Å². The molecule has 2 aromatic heterocycles. The van der Waals surface area contributed by atoms with Gasteiger partial charge < -0.3 is 10.6 Å². The molecule has 0 bridgehead atoms. The predicted molar refractivity (Wildman–Crippen MR) is 165 cm³/mol. The minimum absolute atomic E-state index is 0.0577. The van der Waals surface area contributed by atoms with Crippen LogP contribution in [0.1, 0.15) is 59.5 Å². The number of ketones is 2. The van der Waals surface area contributed by atoms with Gasteiger partial charge in [-0.15, -0.1) is 4.37 Å². The molecule has 0 radical (unpaired) electrons. The second kappa shape index (κ2) is 9.48. The zero-order chi connectivity index (χ0) is 29.4. The number of fused-ring (bicyclic) bond motifs is 4. The van der Waals surface area contributed by atoms with Crippen LogP contribution >= 0.6 is 23.1 Å². The third kappa shape index (κ3) is 3.73. The lowest BCUT2D eigenvalue weighted by Crippen LogP contribution is -2.41. The zero-order valence-corrected chi connectivity index (χ0v) is 24.2. The smallest absolute Gasteiger partial charge is 0.253 e. The molecule has 1 unspecified atom stereocenters. The topological polar surface area (TPSA) is 119 Å². The van der Waals surface area contributed by atoms with E-state index in [2.05, 4.69) is 19.4 Å². The van der Waals surface area contributed by atoms with Gasteiger partial charge in [0.15, 0.2) is 11.6 Å². The zero-order valence-electron chi connectivity index (χ0n) is 22.6. The van der Waals surface area contributed by atoms with E-state index < -0.39 is 0 Å². The number of aromatic nitrogens is 2. The number of nitrogens with zero attached hydrogens (tertiary/aromatic N) is 1. The van der Waals surface area contributed by atoms with Crippen molar-refractivity contribution in [3.05, 3.63) is 106 Å². The number of carbonyl (C=O) groups is 4. The van der Waals surface area contributed by atoms with Crippen LogP contribution in [-0.4, -0.2) is 40.3 Å². The maximum Gasteiger partial charge on any atom is 0.253 e. The minimum atomic E-state index is -0.385. The van der Waals surface area contributed by atoms with Gasteiger partial charge in [0.25, 0.3) is 11.8 Å². The summed E-state index contributed by atoms with van der Waals surface area (Å²) in [6, 6.07) is 21.2.